The predicted molar refractivity (Wildman–Crippen MR) is 214 cm³/mol. The van der Waals surface area contributed by atoms with Crippen molar-refractivity contribution < 1.29 is 23.6 Å². The second kappa shape index (κ2) is 17.2. The Bertz CT molecular complexity index is 1440. The fourth-order valence-electron chi connectivity index (χ4n) is 10.6. The van der Waals surface area contributed by atoms with Crippen LogP contribution in [-0.2, 0) is 19.2 Å². The van der Waals surface area contributed by atoms with Crippen LogP contribution in [0.25, 0.3) is 0 Å². The van der Waals surface area contributed by atoms with Gasteiger partial charge in [0, 0.05) is 24.5 Å². The fraction of sp³-hybridized carbons (Fsp3) is 0.857. The maximum Gasteiger partial charge on any atom is 0.267 e. The molecule has 0 aromatic heterocycles. The van der Waals surface area contributed by atoms with Crippen molar-refractivity contribution >= 4 is 35.7 Å². The van der Waals surface area contributed by atoms with Crippen LogP contribution < -0.4 is 21.7 Å². The molecule has 310 valence electrons. The minimum absolute atomic E-state index is 0.0338. The Kier molecular flexibility index (Phi) is 13.4. The minimum Gasteiger partial charge on any atom is -0.390 e. The molecular formula is C42H71FN8O4. The van der Waals surface area contributed by atoms with Gasteiger partial charge < -0.3 is 26.6 Å². The van der Waals surface area contributed by atoms with Crippen LogP contribution >= 0.6 is 0 Å². The summed E-state index contributed by atoms with van der Waals surface area (Å²) in [5.41, 5.74) is 4.77. The van der Waals surface area contributed by atoms with Crippen LogP contribution in [0.5, 0.6) is 0 Å². The van der Waals surface area contributed by atoms with Gasteiger partial charge >= 0.3 is 0 Å². The maximum absolute atomic E-state index is 14.8. The molecule has 6 fully saturated rings. The van der Waals surface area contributed by atoms with Gasteiger partial charge in [-0.2, -0.15) is 0 Å². The molecule has 2 aliphatic heterocycles. The Hall–Kier alpha value is -3.09. The van der Waals surface area contributed by atoms with Crippen LogP contribution in [0.15, 0.2) is 4.99 Å². The van der Waals surface area contributed by atoms with Gasteiger partial charge in [0.1, 0.15) is 23.8 Å². The highest BCUT2D eigenvalue weighted by molar-refractivity contribution is 6.40. The van der Waals surface area contributed by atoms with Gasteiger partial charge in [-0.05, 0) is 99.8 Å². The van der Waals surface area contributed by atoms with E-state index in [1.807, 2.05) is 34.7 Å². The average molecular weight is 771 g/mol. The van der Waals surface area contributed by atoms with Crippen LogP contribution in [0, 0.1) is 33.0 Å². The third-order valence-corrected chi connectivity index (χ3v) is 14.5. The number of fused-ring (bicyclic) bond motifs is 1. The van der Waals surface area contributed by atoms with Crippen LogP contribution in [0.3, 0.4) is 0 Å². The van der Waals surface area contributed by atoms with Gasteiger partial charge in [0.05, 0.1) is 12.4 Å². The Labute approximate surface area is 329 Å². The van der Waals surface area contributed by atoms with Gasteiger partial charge in [-0.1, -0.05) is 73.6 Å². The molecule has 2 saturated heterocycles. The lowest BCUT2D eigenvalue weighted by atomic mass is 9.73. The topological polar surface area (TPSA) is 173 Å². The van der Waals surface area contributed by atoms with Crippen molar-refractivity contribution in [2.24, 2.45) is 38.3 Å². The van der Waals surface area contributed by atoms with E-state index >= 15 is 0 Å². The third-order valence-electron chi connectivity index (χ3n) is 14.5. The third kappa shape index (κ3) is 8.76. The number of nitrogens with one attached hydrogen (secondary N) is 4. The minimum atomic E-state index is -0.882. The van der Waals surface area contributed by atoms with E-state index in [-0.39, 0.29) is 51.6 Å². The summed E-state index contributed by atoms with van der Waals surface area (Å²) in [5, 5.41) is 17.6. The average Bonchev–Trinajstić information content (AvgIpc) is 3.95. The summed E-state index contributed by atoms with van der Waals surface area (Å²) in [6.07, 6.45) is 15.3. The molecule has 2 spiro atoms. The van der Waals surface area contributed by atoms with Crippen LogP contribution in [0.2, 0.25) is 0 Å². The fourth-order valence-corrected chi connectivity index (χ4v) is 10.6. The molecule has 6 N–H and O–H groups in total. The van der Waals surface area contributed by atoms with Crippen molar-refractivity contribution in [3.05, 3.63) is 0 Å². The molecule has 4 aliphatic carbocycles. The van der Waals surface area contributed by atoms with E-state index in [0.717, 1.165) is 90.0 Å². The molecule has 12 nitrogen and oxygen atoms in total. The van der Waals surface area contributed by atoms with Gasteiger partial charge in [-0.15, -0.1) is 0 Å². The first-order valence-electron chi connectivity index (χ1n) is 21.3. The molecule has 6 rings (SSSR count). The van der Waals surface area contributed by atoms with Gasteiger partial charge in [-0.25, -0.2) is 4.39 Å². The summed E-state index contributed by atoms with van der Waals surface area (Å²) < 4.78 is 12.5. The monoisotopic (exact) mass is 771 g/mol. The summed E-state index contributed by atoms with van der Waals surface area (Å²) in [6, 6.07) is -2.94. The normalized spacial score (nSPS) is 29.1. The van der Waals surface area contributed by atoms with Crippen molar-refractivity contribution in [2.75, 3.05) is 20.1 Å². The lowest BCUT2D eigenvalue weighted by Crippen LogP contribution is -2.60. The molecule has 0 bridgehead atoms. The van der Waals surface area contributed by atoms with E-state index in [0.29, 0.717) is 25.8 Å². The molecule has 0 aromatic carbocycles. The quantitative estimate of drug-likeness (QED) is 0.103. The molecule has 0 aromatic rings. The van der Waals surface area contributed by atoms with E-state index in [2.05, 4.69) is 34.8 Å². The van der Waals surface area contributed by atoms with Crippen molar-refractivity contribution in [1.82, 2.24) is 25.8 Å². The Balaban J connectivity index is 0.000000644. The van der Waals surface area contributed by atoms with E-state index < -0.39 is 41.8 Å². The van der Waals surface area contributed by atoms with Crippen LogP contribution in [-0.4, -0.2) is 102 Å². The van der Waals surface area contributed by atoms with Crippen molar-refractivity contribution in [1.29, 1.82) is 5.41 Å². The number of piperidine rings is 1. The molecule has 55 heavy (non-hydrogen) atoms. The molecule has 13 heteroatoms. The molecule has 4 saturated carbocycles. The first-order chi connectivity index (χ1) is 25.9. The van der Waals surface area contributed by atoms with Crippen LogP contribution in [0.1, 0.15) is 144 Å². The lowest BCUT2D eigenvalue weighted by Gasteiger charge is -2.37. The molecule has 1 unspecified atom stereocenters. The standard InChI is InChI=1S/C36H59N7O4.C6H12FN/c1-7-12-24(26(38)30(45)40-23-15-16-23)41-29(44)25-19-36(34(5,6)35(36)17-11-18-35)20-43(25)32(47)28(33(2,3)4)42-31(46)27(39-21-37)22-13-9-8-10-14-22;1-8-5-3-2-4-6(8)7/h21-25,27-28,38H,7-20H2,1-6H3,(H2,37,39)(H,40,45)(H,41,44)(H,42,46);6H,2-5H2,1H3/t24-,25-,27?,28+,36+;6-/m00/s1. The van der Waals surface area contributed by atoms with E-state index in [1.165, 1.54) is 6.34 Å². The predicted octanol–water partition coefficient (Wildman–Crippen LogP) is 5.23. The van der Waals surface area contributed by atoms with Crippen molar-refractivity contribution in [3.63, 3.8) is 0 Å². The summed E-state index contributed by atoms with van der Waals surface area (Å²) in [6.45, 7) is 13.7. The summed E-state index contributed by atoms with van der Waals surface area (Å²) in [7, 11) is 1.84. The molecule has 6 aliphatic rings. The zero-order chi connectivity index (χ0) is 40.3. The van der Waals surface area contributed by atoms with E-state index in [1.54, 1.807) is 9.80 Å². The largest absolute Gasteiger partial charge is 0.390 e. The highest BCUT2D eigenvalue weighted by Gasteiger charge is 2.85. The smallest absolute Gasteiger partial charge is 0.267 e. The summed E-state index contributed by atoms with van der Waals surface area (Å²) >= 11 is 0. The number of rotatable bonds is 12. The molecule has 4 amide bonds. The second-order valence-corrected chi connectivity index (χ2v) is 19.2. The molecule has 2 heterocycles. The van der Waals surface area contributed by atoms with Crippen molar-refractivity contribution in [2.45, 2.75) is 181 Å². The van der Waals surface area contributed by atoms with Gasteiger partial charge in [0.15, 0.2) is 6.30 Å². The second-order valence-electron chi connectivity index (χ2n) is 19.2. The number of carbonyl (C=O) groups excluding carboxylic acids is 4. The molecule has 6 atom stereocenters. The van der Waals surface area contributed by atoms with Gasteiger partial charge in [0.2, 0.25) is 17.7 Å². The number of hydrogen-bond acceptors (Lipinski definition) is 7. The summed E-state index contributed by atoms with van der Waals surface area (Å²) in [5.74, 6) is -1.28. The number of hydrogen-bond donors (Lipinski definition) is 5. The Morgan fingerprint density at radius 3 is 2.11 bits per heavy atom. The first kappa shape index (κ1) is 43.0. The van der Waals surface area contributed by atoms with Crippen molar-refractivity contribution in [3.8, 4) is 0 Å². The zero-order valence-electron chi connectivity index (χ0n) is 34.8. The molecular weight excluding hydrogens is 700 g/mol. The number of nitrogens with zero attached hydrogens (tertiary/aromatic N) is 3. The highest BCUT2D eigenvalue weighted by Crippen LogP contribution is 2.88. The Morgan fingerprint density at radius 2 is 1.62 bits per heavy atom. The lowest BCUT2D eigenvalue weighted by molar-refractivity contribution is -0.144. The van der Waals surface area contributed by atoms with Gasteiger partial charge in [0.25, 0.3) is 5.91 Å². The van der Waals surface area contributed by atoms with E-state index in [9.17, 15) is 23.6 Å². The number of amides is 4. The number of carbonyl (C=O) groups is 4. The van der Waals surface area contributed by atoms with Gasteiger partial charge in [-0.3, -0.25) is 34.5 Å². The number of alkyl halides is 1. The summed E-state index contributed by atoms with van der Waals surface area (Å²) in [4.78, 5) is 63.6. The zero-order valence-corrected chi connectivity index (χ0v) is 34.8. The maximum atomic E-state index is 14.8. The number of halogens is 1. The highest BCUT2D eigenvalue weighted by atomic mass is 19.1. The van der Waals surface area contributed by atoms with Crippen LogP contribution in [0.4, 0.5) is 4.39 Å². The number of nitrogens with two attached hydrogens (primary N) is 1. The Morgan fingerprint density at radius 1 is 0.964 bits per heavy atom. The number of likely N-dealkylation sites (tertiary alicyclic amines) is 2. The SMILES string of the molecule is CCC[C@H](NC(=O)[C@@H]1C[C@@]2(CN1C(=O)[C@@H](NC(=O)C(N=CN)C1CCCCC1)C(C)(C)C)C(C)(C)C21CCC1)C(=N)C(=O)NC1CC1.CN1CCCC[C@H]1F. The molecule has 0 radical (unpaired) electrons. The first-order valence-corrected chi connectivity index (χ1v) is 21.3. The van der Waals surface area contributed by atoms with E-state index in [4.69, 9.17) is 11.1 Å². The number of aliphatic imine (C=N–C) groups is 1.